The maximum Gasteiger partial charge on any atom is 0.255 e. The molecule has 0 aliphatic heterocycles. The topological polar surface area (TPSA) is 59.3 Å². The quantitative estimate of drug-likeness (QED) is 0.447. The predicted molar refractivity (Wildman–Crippen MR) is 128 cm³/mol. The Morgan fingerprint density at radius 1 is 0.938 bits per heavy atom. The molecule has 0 atom stereocenters. The summed E-state index contributed by atoms with van der Waals surface area (Å²) in [7, 11) is 0. The standard InChI is InChI=1S/C27H30N4O/c1-18(2)25-21(17-28-23-16-22(27(3,4)5)30-31(23)25)26(32)29-24(19-12-8-6-9-13-19)20-14-10-7-11-15-20/h6-18,24H,1-5H3,(H,29,32). The van der Waals surface area contributed by atoms with Crippen LogP contribution in [0.2, 0.25) is 0 Å². The molecule has 0 spiro atoms. The molecule has 2 aromatic heterocycles. The van der Waals surface area contributed by atoms with Crippen molar-refractivity contribution in [2.75, 3.05) is 0 Å². The molecule has 5 heteroatoms. The molecule has 0 saturated carbocycles. The van der Waals surface area contributed by atoms with Crippen LogP contribution in [0.25, 0.3) is 5.65 Å². The number of hydrogen-bond donors (Lipinski definition) is 1. The molecule has 0 fully saturated rings. The summed E-state index contributed by atoms with van der Waals surface area (Å²) < 4.78 is 1.83. The van der Waals surface area contributed by atoms with Crippen LogP contribution in [-0.4, -0.2) is 20.5 Å². The molecular formula is C27H30N4O. The highest BCUT2D eigenvalue weighted by Gasteiger charge is 2.25. The highest BCUT2D eigenvalue weighted by atomic mass is 16.1. The van der Waals surface area contributed by atoms with Crippen LogP contribution in [0.5, 0.6) is 0 Å². The third-order valence-corrected chi connectivity index (χ3v) is 5.62. The van der Waals surface area contributed by atoms with E-state index in [2.05, 4.69) is 44.9 Å². The molecule has 0 unspecified atom stereocenters. The molecule has 1 N–H and O–H groups in total. The summed E-state index contributed by atoms with van der Waals surface area (Å²) in [5.74, 6) is -0.0607. The smallest absolute Gasteiger partial charge is 0.255 e. The van der Waals surface area contributed by atoms with E-state index in [-0.39, 0.29) is 23.3 Å². The first-order valence-electron chi connectivity index (χ1n) is 11.1. The van der Waals surface area contributed by atoms with Gasteiger partial charge < -0.3 is 5.32 Å². The van der Waals surface area contributed by atoms with Gasteiger partial charge in [0.2, 0.25) is 0 Å². The Hall–Kier alpha value is -3.47. The number of carbonyl (C=O) groups is 1. The van der Waals surface area contributed by atoms with Gasteiger partial charge in [0.15, 0.2) is 5.65 Å². The fourth-order valence-electron chi connectivity index (χ4n) is 3.91. The summed E-state index contributed by atoms with van der Waals surface area (Å²) in [6, 6.07) is 21.8. The molecule has 0 aliphatic carbocycles. The lowest BCUT2D eigenvalue weighted by molar-refractivity contribution is 0.0940. The van der Waals surface area contributed by atoms with E-state index in [9.17, 15) is 4.79 Å². The normalized spacial score (nSPS) is 12.0. The third kappa shape index (κ3) is 4.28. The zero-order chi connectivity index (χ0) is 22.9. The molecular weight excluding hydrogens is 396 g/mol. The Morgan fingerprint density at radius 3 is 2.00 bits per heavy atom. The number of rotatable bonds is 5. The second kappa shape index (κ2) is 8.58. The zero-order valence-electron chi connectivity index (χ0n) is 19.3. The first kappa shape index (κ1) is 21.8. The Bertz CT molecular complexity index is 1180. The fourth-order valence-corrected chi connectivity index (χ4v) is 3.91. The van der Waals surface area contributed by atoms with E-state index in [0.29, 0.717) is 5.56 Å². The molecule has 1 amide bonds. The van der Waals surface area contributed by atoms with Gasteiger partial charge in [-0.05, 0) is 17.0 Å². The lowest BCUT2D eigenvalue weighted by Crippen LogP contribution is -2.31. The maximum atomic E-state index is 13.6. The van der Waals surface area contributed by atoms with Crippen LogP contribution >= 0.6 is 0 Å². The second-order valence-electron chi connectivity index (χ2n) is 9.49. The average molecular weight is 427 g/mol. The van der Waals surface area contributed by atoms with Crippen LogP contribution < -0.4 is 5.32 Å². The number of aromatic nitrogens is 3. The largest absolute Gasteiger partial charge is 0.341 e. The number of amides is 1. The van der Waals surface area contributed by atoms with E-state index < -0.39 is 0 Å². The van der Waals surface area contributed by atoms with Crippen molar-refractivity contribution in [3.63, 3.8) is 0 Å². The first-order chi connectivity index (χ1) is 15.3. The van der Waals surface area contributed by atoms with Crippen molar-refractivity contribution >= 4 is 11.6 Å². The van der Waals surface area contributed by atoms with Crippen LogP contribution in [0.15, 0.2) is 72.9 Å². The van der Waals surface area contributed by atoms with E-state index in [1.54, 1.807) is 6.20 Å². The van der Waals surface area contributed by atoms with Gasteiger partial charge >= 0.3 is 0 Å². The SMILES string of the molecule is CC(C)c1c(C(=O)NC(c2ccccc2)c2ccccc2)cnc2cc(C(C)(C)C)nn12. The fraction of sp³-hybridized carbons (Fsp3) is 0.296. The highest BCUT2D eigenvalue weighted by molar-refractivity contribution is 5.96. The van der Waals surface area contributed by atoms with E-state index in [1.807, 2.05) is 71.2 Å². The van der Waals surface area contributed by atoms with Crippen molar-refractivity contribution in [1.82, 2.24) is 19.9 Å². The van der Waals surface area contributed by atoms with Crippen molar-refractivity contribution in [2.24, 2.45) is 0 Å². The first-order valence-corrected chi connectivity index (χ1v) is 11.1. The van der Waals surface area contributed by atoms with Gasteiger partial charge in [-0.15, -0.1) is 0 Å². The molecule has 164 valence electrons. The molecule has 2 heterocycles. The summed E-state index contributed by atoms with van der Waals surface area (Å²) in [5.41, 5.74) is 5.09. The molecule has 5 nitrogen and oxygen atoms in total. The summed E-state index contributed by atoms with van der Waals surface area (Å²) in [4.78, 5) is 18.2. The minimum absolute atomic E-state index is 0.0980. The molecule has 0 bridgehead atoms. The van der Waals surface area contributed by atoms with Gasteiger partial charge in [0, 0.05) is 17.7 Å². The molecule has 4 aromatic rings. The van der Waals surface area contributed by atoms with Crippen LogP contribution in [0.1, 0.15) is 79.5 Å². The van der Waals surface area contributed by atoms with Crippen molar-refractivity contribution in [3.05, 3.63) is 101 Å². The molecule has 32 heavy (non-hydrogen) atoms. The molecule has 0 radical (unpaired) electrons. The number of carbonyl (C=O) groups excluding carboxylic acids is 1. The highest BCUT2D eigenvalue weighted by Crippen LogP contribution is 2.27. The van der Waals surface area contributed by atoms with Gasteiger partial charge in [-0.2, -0.15) is 5.10 Å². The lowest BCUT2D eigenvalue weighted by atomic mass is 9.93. The van der Waals surface area contributed by atoms with Gasteiger partial charge in [0.05, 0.1) is 23.0 Å². The van der Waals surface area contributed by atoms with Gasteiger partial charge in [0.1, 0.15) is 0 Å². The number of benzene rings is 2. The summed E-state index contributed by atoms with van der Waals surface area (Å²) in [5, 5.41) is 8.06. The van der Waals surface area contributed by atoms with Crippen molar-refractivity contribution in [3.8, 4) is 0 Å². The summed E-state index contributed by atoms with van der Waals surface area (Å²) in [6.45, 7) is 10.5. The van der Waals surface area contributed by atoms with Gasteiger partial charge in [-0.1, -0.05) is 95.3 Å². The number of fused-ring (bicyclic) bond motifs is 1. The monoisotopic (exact) mass is 426 g/mol. The van der Waals surface area contributed by atoms with Crippen LogP contribution in [0.3, 0.4) is 0 Å². The molecule has 0 aliphatic rings. The third-order valence-electron chi connectivity index (χ3n) is 5.62. The Balaban J connectivity index is 1.77. The molecule has 2 aromatic carbocycles. The summed E-state index contributed by atoms with van der Waals surface area (Å²) >= 11 is 0. The zero-order valence-corrected chi connectivity index (χ0v) is 19.3. The van der Waals surface area contributed by atoms with E-state index >= 15 is 0 Å². The Labute approximate surface area is 189 Å². The number of nitrogens with zero attached hydrogens (tertiary/aromatic N) is 3. The van der Waals surface area contributed by atoms with Crippen molar-refractivity contribution < 1.29 is 4.79 Å². The van der Waals surface area contributed by atoms with Crippen LogP contribution in [0.4, 0.5) is 0 Å². The number of nitrogens with one attached hydrogen (secondary N) is 1. The Kier molecular flexibility index (Phi) is 5.83. The lowest BCUT2D eigenvalue weighted by Gasteiger charge is -2.21. The predicted octanol–water partition coefficient (Wildman–Crippen LogP) is 5.67. The number of hydrogen-bond acceptors (Lipinski definition) is 3. The van der Waals surface area contributed by atoms with Gasteiger partial charge in [-0.3, -0.25) is 4.79 Å². The van der Waals surface area contributed by atoms with Gasteiger partial charge in [-0.25, -0.2) is 9.50 Å². The maximum absolute atomic E-state index is 13.6. The summed E-state index contributed by atoms with van der Waals surface area (Å²) in [6.07, 6.45) is 1.68. The van der Waals surface area contributed by atoms with Gasteiger partial charge in [0.25, 0.3) is 5.91 Å². The van der Waals surface area contributed by atoms with Crippen molar-refractivity contribution in [2.45, 2.75) is 52.0 Å². The minimum atomic E-state index is -0.261. The average Bonchev–Trinajstić information content (AvgIpc) is 3.22. The van der Waals surface area contributed by atoms with E-state index in [1.165, 1.54) is 0 Å². The van der Waals surface area contributed by atoms with E-state index in [0.717, 1.165) is 28.2 Å². The van der Waals surface area contributed by atoms with Crippen LogP contribution in [0, 0.1) is 0 Å². The van der Waals surface area contributed by atoms with Crippen molar-refractivity contribution in [1.29, 1.82) is 0 Å². The molecule has 4 rings (SSSR count). The van der Waals surface area contributed by atoms with E-state index in [4.69, 9.17) is 5.10 Å². The van der Waals surface area contributed by atoms with Crippen LogP contribution in [-0.2, 0) is 5.41 Å². The minimum Gasteiger partial charge on any atom is -0.341 e. The Morgan fingerprint density at radius 2 is 1.50 bits per heavy atom. The second-order valence-corrected chi connectivity index (χ2v) is 9.49. The molecule has 0 saturated heterocycles.